The Balaban J connectivity index is 1.41. The minimum atomic E-state index is -0.464. The third kappa shape index (κ3) is 7.44. The Morgan fingerprint density at radius 2 is 1.55 bits per heavy atom. The van der Waals surface area contributed by atoms with E-state index in [0.29, 0.717) is 22.8 Å². The van der Waals surface area contributed by atoms with Gasteiger partial charge in [-0.05, 0) is 61.9 Å². The standard InChI is InChI=1S/C29H26N4O4S/c1-19-17-26(33-37-19)32-27(34)20(2)38-24-15-13-23(14-16-24)30-29(36)25(18-21-9-5-3-6-10-21)31-28(35)22-11-7-4-8-12-22/h3-18,20H,1-2H3,(H,30,36)(H,31,35)(H,32,33,34)/b25-18-. The number of carbonyl (C=O) groups is 3. The van der Waals surface area contributed by atoms with Crippen LogP contribution in [0.4, 0.5) is 11.5 Å². The number of amides is 3. The summed E-state index contributed by atoms with van der Waals surface area (Å²) in [7, 11) is 0. The normalized spacial score (nSPS) is 11.9. The number of hydrogen-bond donors (Lipinski definition) is 3. The molecule has 0 saturated heterocycles. The molecule has 1 unspecified atom stereocenters. The lowest BCUT2D eigenvalue weighted by Crippen LogP contribution is -2.30. The third-order valence-corrected chi connectivity index (χ3v) is 6.42. The van der Waals surface area contributed by atoms with Crippen molar-refractivity contribution in [2.45, 2.75) is 24.0 Å². The van der Waals surface area contributed by atoms with Crippen LogP contribution < -0.4 is 16.0 Å². The van der Waals surface area contributed by atoms with Gasteiger partial charge in [-0.1, -0.05) is 53.7 Å². The Labute approximate surface area is 224 Å². The SMILES string of the molecule is Cc1cc(NC(=O)C(C)Sc2ccc(NC(=O)/C(=C/c3ccccc3)NC(=O)c3ccccc3)cc2)no1. The summed E-state index contributed by atoms with van der Waals surface area (Å²) in [5.74, 6) is -0.0705. The number of carbonyl (C=O) groups excluding carboxylic acids is 3. The van der Waals surface area contributed by atoms with E-state index in [1.165, 1.54) is 11.8 Å². The molecule has 0 fully saturated rings. The summed E-state index contributed by atoms with van der Waals surface area (Å²) in [5.41, 5.74) is 1.86. The van der Waals surface area contributed by atoms with Gasteiger partial charge in [0.2, 0.25) is 5.91 Å². The summed E-state index contributed by atoms with van der Waals surface area (Å²) in [5, 5.41) is 11.7. The summed E-state index contributed by atoms with van der Waals surface area (Å²) in [6, 6.07) is 26.7. The van der Waals surface area contributed by atoms with Crippen LogP contribution in [0, 0.1) is 6.92 Å². The molecule has 1 atom stereocenters. The van der Waals surface area contributed by atoms with Crippen molar-refractivity contribution in [2.75, 3.05) is 10.6 Å². The van der Waals surface area contributed by atoms with Gasteiger partial charge in [-0.25, -0.2) is 0 Å². The zero-order valence-corrected chi connectivity index (χ0v) is 21.6. The lowest BCUT2D eigenvalue weighted by atomic mass is 10.1. The van der Waals surface area contributed by atoms with E-state index in [1.54, 1.807) is 62.4 Å². The fourth-order valence-electron chi connectivity index (χ4n) is 3.38. The minimum absolute atomic E-state index is 0.108. The van der Waals surface area contributed by atoms with Gasteiger partial charge in [-0.3, -0.25) is 14.4 Å². The predicted octanol–water partition coefficient (Wildman–Crippen LogP) is 5.51. The van der Waals surface area contributed by atoms with Gasteiger partial charge >= 0.3 is 0 Å². The van der Waals surface area contributed by atoms with Crippen molar-refractivity contribution >= 4 is 47.1 Å². The van der Waals surface area contributed by atoms with E-state index in [-0.39, 0.29) is 22.8 Å². The Bertz CT molecular complexity index is 1430. The summed E-state index contributed by atoms with van der Waals surface area (Å²) in [6.07, 6.45) is 1.62. The van der Waals surface area contributed by atoms with Gasteiger partial charge in [0.15, 0.2) is 5.82 Å². The molecule has 3 amide bonds. The van der Waals surface area contributed by atoms with Crippen molar-refractivity contribution in [1.82, 2.24) is 10.5 Å². The molecular formula is C29H26N4O4S. The quantitative estimate of drug-likeness (QED) is 0.196. The van der Waals surface area contributed by atoms with Crippen molar-refractivity contribution in [3.8, 4) is 0 Å². The van der Waals surface area contributed by atoms with Crippen LogP contribution in [-0.4, -0.2) is 28.1 Å². The Hall–Kier alpha value is -4.63. The van der Waals surface area contributed by atoms with Crippen molar-refractivity contribution in [1.29, 1.82) is 0 Å². The van der Waals surface area contributed by atoms with Crippen molar-refractivity contribution in [2.24, 2.45) is 0 Å². The maximum absolute atomic E-state index is 13.1. The molecular weight excluding hydrogens is 500 g/mol. The van der Waals surface area contributed by atoms with Crippen LogP contribution in [0.15, 0.2) is 106 Å². The second-order valence-electron chi connectivity index (χ2n) is 8.34. The van der Waals surface area contributed by atoms with Gasteiger partial charge in [-0.15, -0.1) is 11.8 Å². The zero-order valence-electron chi connectivity index (χ0n) is 20.8. The molecule has 0 saturated carbocycles. The van der Waals surface area contributed by atoms with Crippen LogP contribution in [0.25, 0.3) is 6.08 Å². The number of hydrogen-bond acceptors (Lipinski definition) is 6. The van der Waals surface area contributed by atoms with Crippen molar-refractivity contribution in [3.63, 3.8) is 0 Å². The first-order valence-electron chi connectivity index (χ1n) is 11.8. The molecule has 0 radical (unpaired) electrons. The average Bonchev–Trinajstić information content (AvgIpc) is 3.34. The maximum atomic E-state index is 13.1. The van der Waals surface area contributed by atoms with Gasteiger partial charge in [0.05, 0.1) is 5.25 Å². The molecule has 0 aliphatic carbocycles. The average molecular weight is 527 g/mol. The molecule has 192 valence electrons. The highest BCUT2D eigenvalue weighted by molar-refractivity contribution is 8.00. The first-order valence-corrected chi connectivity index (χ1v) is 12.7. The number of nitrogens with zero attached hydrogens (tertiary/aromatic N) is 1. The number of aryl methyl sites for hydroxylation is 1. The second-order valence-corrected chi connectivity index (χ2v) is 9.75. The van der Waals surface area contributed by atoms with Crippen LogP contribution in [0.1, 0.15) is 28.6 Å². The largest absolute Gasteiger partial charge is 0.360 e. The predicted molar refractivity (Wildman–Crippen MR) is 149 cm³/mol. The topological polar surface area (TPSA) is 113 Å². The van der Waals surface area contributed by atoms with E-state index in [2.05, 4.69) is 21.1 Å². The molecule has 1 heterocycles. The van der Waals surface area contributed by atoms with E-state index < -0.39 is 5.91 Å². The number of thioether (sulfide) groups is 1. The zero-order chi connectivity index (χ0) is 26.9. The highest BCUT2D eigenvalue weighted by Gasteiger charge is 2.17. The monoisotopic (exact) mass is 526 g/mol. The first kappa shape index (κ1) is 26.4. The summed E-state index contributed by atoms with van der Waals surface area (Å²) in [6.45, 7) is 3.54. The Kier molecular flexibility index (Phi) is 8.73. The van der Waals surface area contributed by atoms with Gasteiger partial charge in [0.1, 0.15) is 11.5 Å². The number of nitrogens with one attached hydrogen (secondary N) is 3. The lowest BCUT2D eigenvalue weighted by Gasteiger charge is -2.13. The third-order valence-electron chi connectivity index (χ3n) is 5.31. The first-order chi connectivity index (χ1) is 18.4. The van der Waals surface area contributed by atoms with E-state index in [9.17, 15) is 14.4 Å². The minimum Gasteiger partial charge on any atom is -0.360 e. The highest BCUT2D eigenvalue weighted by Crippen LogP contribution is 2.26. The van der Waals surface area contributed by atoms with E-state index in [1.807, 2.05) is 48.5 Å². The van der Waals surface area contributed by atoms with Crippen LogP contribution >= 0.6 is 11.8 Å². The molecule has 3 aromatic carbocycles. The van der Waals surface area contributed by atoms with Crippen LogP contribution in [0.5, 0.6) is 0 Å². The molecule has 0 aliphatic heterocycles. The van der Waals surface area contributed by atoms with Crippen molar-refractivity contribution < 1.29 is 18.9 Å². The maximum Gasteiger partial charge on any atom is 0.272 e. The Morgan fingerprint density at radius 3 is 2.18 bits per heavy atom. The molecule has 0 spiro atoms. The molecule has 38 heavy (non-hydrogen) atoms. The van der Waals surface area contributed by atoms with Crippen molar-refractivity contribution in [3.05, 3.63) is 114 Å². The van der Waals surface area contributed by atoms with Gasteiger partial charge in [0.25, 0.3) is 11.8 Å². The van der Waals surface area contributed by atoms with E-state index >= 15 is 0 Å². The summed E-state index contributed by atoms with van der Waals surface area (Å²) >= 11 is 1.37. The smallest absolute Gasteiger partial charge is 0.272 e. The number of rotatable bonds is 9. The highest BCUT2D eigenvalue weighted by atomic mass is 32.2. The fourth-order valence-corrected chi connectivity index (χ4v) is 4.25. The van der Waals surface area contributed by atoms with E-state index in [0.717, 1.165) is 10.5 Å². The summed E-state index contributed by atoms with van der Waals surface area (Å²) in [4.78, 5) is 39.2. The van der Waals surface area contributed by atoms with Gasteiger partial charge in [-0.2, -0.15) is 0 Å². The van der Waals surface area contributed by atoms with Gasteiger partial charge in [0, 0.05) is 22.2 Å². The molecule has 3 N–H and O–H groups in total. The molecule has 8 nitrogen and oxygen atoms in total. The Morgan fingerprint density at radius 1 is 0.895 bits per heavy atom. The molecule has 0 aliphatic rings. The fraction of sp³-hybridized carbons (Fsp3) is 0.103. The second kappa shape index (κ2) is 12.6. The van der Waals surface area contributed by atoms with Crippen LogP contribution in [-0.2, 0) is 9.59 Å². The number of benzene rings is 3. The number of anilines is 2. The van der Waals surface area contributed by atoms with Crippen LogP contribution in [0.2, 0.25) is 0 Å². The summed E-state index contributed by atoms with van der Waals surface area (Å²) < 4.78 is 4.97. The van der Waals surface area contributed by atoms with Crippen LogP contribution in [0.3, 0.4) is 0 Å². The molecule has 0 bridgehead atoms. The molecule has 9 heteroatoms. The molecule has 4 aromatic rings. The number of aromatic nitrogens is 1. The molecule has 4 rings (SSSR count). The lowest BCUT2D eigenvalue weighted by molar-refractivity contribution is -0.115. The van der Waals surface area contributed by atoms with E-state index in [4.69, 9.17) is 4.52 Å². The molecule has 1 aromatic heterocycles. The van der Waals surface area contributed by atoms with Gasteiger partial charge < -0.3 is 20.5 Å².